The zero-order chi connectivity index (χ0) is 17.5. The molecule has 126 valence electrons. The Morgan fingerprint density at radius 2 is 1.92 bits per heavy atom. The van der Waals surface area contributed by atoms with Crippen LogP contribution < -0.4 is 5.32 Å². The van der Waals surface area contributed by atoms with Crippen LogP contribution >= 0.6 is 0 Å². The Balaban J connectivity index is 2.06. The second-order valence-electron chi connectivity index (χ2n) is 5.35. The van der Waals surface area contributed by atoms with Gasteiger partial charge in [0.1, 0.15) is 0 Å². The molecular weight excluding hydrogens is 308 g/mol. The Labute approximate surface area is 140 Å². The third kappa shape index (κ3) is 4.39. The van der Waals surface area contributed by atoms with Gasteiger partial charge in [-0.1, -0.05) is 24.3 Å². The van der Waals surface area contributed by atoms with Crippen LogP contribution in [0.4, 0.5) is 5.69 Å². The van der Waals surface area contributed by atoms with Gasteiger partial charge in [-0.2, -0.15) is 0 Å². The van der Waals surface area contributed by atoms with Gasteiger partial charge in [0, 0.05) is 30.3 Å². The standard InChI is InChI=1S/C18H20N2O4/c1-3-24-12-16-7-5-4-6-15(16)11-19-18(21)14-8-9-17(20(22)23)13(2)10-14/h4-10H,3,11-12H2,1-2H3,(H,19,21). The summed E-state index contributed by atoms with van der Waals surface area (Å²) in [6.07, 6.45) is 0. The number of aryl methyl sites for hydroxylation is 1. The maximum atomic E-state index is 12.3. The molecule has 0 atom stereocenters. The smallest absolute Gasteiger partial charge is 0.272 e. The lowest BCUT2D eigenvalue weighted by molar-refractivity contribution is -0.385. The van der Waals surface area contributed by atoms with E-state index >= 15 is 0 Å². The summed E-state index contributed by atoms with van der Waals surface area (Å²) in [5.41, 5.74) is 2.89. The van der Waals surface area contributed by atoms with E-state index in [4.69, 9.17) is 4.74 Å². The number of nitrogens with zero attached hydrogens (tertiary/aromatic N) is 1. The van der Waals surface area contributed by atoms with Crippen molar-refractivity contribution in [2.24, 2.45) is 0 Å². The summed E-state index contributed by atoms with van der Waals surface area (Å²) in [5, 5.41) is 13.7. The van der Waals surface area contributed by atoms with E-state index in [-0.39, 0.29) is 11.6 Å². The Kier molecular flexibility index (Phi) is 6.03. The van der Waals surface area contributed by atoms with Gasteiger partial charge in [0.25, 0.3) is 11.6 Å². The molecule has 0 aromatic heterocycles. The fourth-order valence-electron chi connectivity index (χ4n) is 2.36. The minimum Gasteiger partial charge on any atom is -0.377 e. The van der Waals surface area contributed by atoms with E-state index in [1.807, 2.05) is 31.2 Å². The van der Waals surface area contributed by atoms with Crippen LogP contribution in [0.25, 0.3) is 0 Å². The van der Waals surface area contributed by atoms with E-state index in [1.54, 1.807) is 6.92 Å². The number of nitrogens with one attached hydrogen (secondary N) is 1. The molecule has 0 heterocycles. The Morgan fingerprint density at radius 3 is 2.54 bits per heavy atom. The summed E-state index contributed by atoms with van der Waals surface area (Å²) in [6.45, 7) is 5.05. The number of ether oxygens (including phenoxy) is 1. The van der Waals surface area contributed by atoms with Crippen molar-refractivity contribution >= 4 is 11.6 Å². The quantitative estimate of drug-likeness (QED) is 0.624. The fourth-order valence-corrected chi connectivity index (χ4v) is 2.36. The molecule has 0 aliphatic carbocycles. The van der Waals surface area contributed by atoms with Crippen molar-refractivity contribution in [1.82, 2.24) is 5.32 Å². The van der Waals surface area contributed by atoms with Crippen molar-refractivity contribution in [3.05, 3.63) is 74.8 Å². The van der Waals surface area contributed by atoms with E-state index in [0.717, 1.165) is 11.1 Å². The van der Waals surface area contributed by atoms with Gasteiger partial charge in [0.15, 0.2) is 0 Å². The molecule has 0 saturated heterocycles. The number of hydrogen-bond donors (Lipinski definition) is 1. The SMILES string of the molecule is CCOCc1ccccc1CNC(=O)c1ccc([N+](=O)[O-])c(C)c1. The van der Waals surface area contributed by atoms with E-state index < -0.39 is 4.92 Å². The van der Waals surface area contributed by atoms with Crippen molar-refractivity contribution in [2.45, 2.75) is 27.0 Å². The molecule has 0 spiro atoms. The van der Waals surface area contributed by atoms with Gasteiger partial charge in [-0.05, 0) is 37.1 Å². The summed E-state index contributed by atoms with van der Waals surface area (Å²) in [6, 6.07) is 12.1. The van der Waals surface area contributed by atoms with Crippen molar-refractivity contribution in [3.63, 3.8) is 0 Å². The Morgan fingerprint density at radius 1 is 1.21 bits per heavy atom. The average molecular weight is 328 g/mol. The highest BCUT2D eigenvalue weighted by molar-refractivity contribution is 5.94. The van der Waals surface area contributed by atoms with Crippen LogP contribution in [-0.4, -0.2) is 17.4 Å². The van der Waals surface area contributed by atoms with Crippen LogP contribution in [0, 0.1) is 17.0 Å². The highest BCUT2D eigenvalue weighted by atomic mass is 16.6. The maximum absolute atomic E-state index is 12.3. The van der Waals surface area contributed by atoms with Crippen LogP contribution in [0.1, 0.15) is 34.0 Å². The lowest BCUT2D eigenvalue weighted by Gasteiger charge is -2.11. The predicted octanol–water partition coefficient (Wildman–Crippen LogP) is 3.37. The van der Waals surface area contributed by atoms with Gasteiger partial charge >= 0.3 is 0 Å². The molecule has 1 N–H and O–H groups in total. The van der Waals surface area contributed by atoms with Gasteiger partial charge in [-0.3, -0.25) is 14.9 Å². The largest absolute Gasteiger partial charge is 0.377 e. The first kappa shape index (κ1) is 17.6. The Bertz CT molecular complexity index is 744. The highest BCUT2D eigenvalue weighted by Gasteiger charge is 2.14. The number of rotatable bonds is 7. The molecule has 0 fully saturated rings. The van der Waals surface area contributed by atoms with Crippen LogP contribution in [-0.2, 0) is 17.9 Å². The highest BCUT2D eigenvalue weighted by Crippen LogP contribution is 2.19. The third-order valence-corrected chi connectivity index (χ3v) is 3.68. The van der Waals surface area contributed by atoms with Crippen molar-refractivity contribution in [3.8, 4) is 0 Å². The topological polar surface area (TPSA) is 81.5 Å². The average Bonchev–Trinajstić information content (AvgIpc) is 2.58. The van der Waals surface area contributed by atoms with E-state index in [0.29, 0.717) is 30.9 Å². The second-order valence-corrected chi connectivity index (χ2v) is 5.35. The number of carbonyl (C=O) groups excluding carboxylic acids is 1. The number of nitro benzene ring substituents is 1. The summed E-state index contributed by atoms with van der Waals surface area (Å²) in [5.74, 6) is -0.265. The zero-order valence-electron chi connectivity index (χ0n) is 13.7. The number of nitro groups is 1. The van der Waals surface area contributed by atoms with Gasteiger partial charge in [-0.15, -0.1) is 0 Å². The Hall–Kier alpha value is -2.73. The summed E-state index contributed by atoms with van der Waals surface area (Å²) in [4.78, 5) is 22.6. The number of carbonyl (C=O) groups is 1. The molecule has 0 radical (unpaired) electrons. The zero-order valence-corrected chi connectivity index (χ0v) is 13.7. The number of hydrogen-bond acceptors (Lipinski definition) is 4. The summed E-state index contributed by atoms with van der Waals surface area (Å²) >= 11 is 0. The first-order valence-electron chi connectivity index (χ1n) is 7.70. The van der Waals surface area contributed by atoms with Crippen LogP contribution in [0.15, 0.2) is 42.5 Å². The van der Waals surface area contributed by atoms with Gasteiger partial charge in [-0.25, -0.2) is 0 Å². The molecule has 0 unspecified atom stereocenters. The minimum absolute atomic E-state index is 0.00797. The van der Waals surface area contributed by atoms with Crippen LogP contribution in [0.2, 0.25) is 0 Å². The van der Waals surface area contributed by atoms with Crippen molar-refractivity contribution in [1.29, 1.82) is 0 Å². The molecule has 0 saturated carbocycles. The minimum atomic E-state index is -0.457. The predicted molar refractivity (Wildman–Crippen MR) is 90.8 cm³/mol. The first-order chi connectivity index (χ1) is 11.5. The molecule has 1 amide bonds. The molecule has 0 aliphatic heterocycles. The molecular formula is C18H20N2O4. The second kappa shape index (κ2) is 8.21. The van der Waals surface area contributed by atoms with Gasteiger partial charge < -0.3 is 10.1 Å². The lowest BCUT2D eigenvalue weighted by Crippen LogP contribution is -2.23. The third-order valence-electron chi connectivity index (χ3n) is 3.68. The van der Waals surface area contributed by atoms with Crippen LogP contribution in [0.5, 0.6) is 0 Å². The molecule has 2 aromatic carbocycles. The van der Waals surface area contributed by atoms with Crippen molar-refractivity contribution in [2.75, 3.05) is 6.61 Å². The molecule has 6 nitrogen and oxygen atoms in total. The van der Waals surface area contributed by atoms with Gasteiger partial charge in [0.2, 0.25) is 0 Å². The monoisotopic (exact) mass is 328 g/mol. The molecule has 24 heavy (non-hydrogen) atoms. The molecule has 2 rings (SSSR count). The van der Waals surface area contributed by atoms with Gasteiger partial charge in [0.05, 0.1) is 11.5 Å². The molecule has 2 aromatic rings. The summed E-state index contributed by atoms with van der Waals surface area (Å²) < 4.78 is 5.43. The number of benzene rings is 2. The lowest BCUT2D eigenvalue weighted by atomic mass is 10.1. The van der Waals surface area contributed by atoms with Crippen LogP contribution in [0.3, 0.4) is 0 Å². The number of amides is 1. The molecule has 0 aliphatic rings. The molecule has 0 bridgehead atoms. The van der Waals surface area contributed by atoms with Crippen molar-refractivity contribution < 1.29 is 14.5 Å². The summed E-state index contributed by atoms with van der Waals surface area (Å²) in [7, 11) is 0. The first-order valence-corrected chi connectivity index (χ1v) is 7.70. The maximum Gasteiger partial charge on any atom is 0.272 e. The normalized spacial score (nSPS) is 10.4. The van der Waals surface area contributed by atoms with E-state index in [2.05, 4.69) is 5.32 Å². The van der Waals surface area contributed by atoms with E-state index in [1.165, 1.54) is 18.2 Å². The fraction of sp³-hybridized carbons (Fsp3) is 0.278. The molecule has 6 heteroatoms. The van der Waals surface area contributed by atoms with E-state index in [9.17, 15) is 14.9 Å².